The quantitative estimate of drug-likeness (QED) is 0.823. The molecule has 1 heterocycles. The number of likely N-dealkylation sites (N-methyl/N-ethyl adjacent to an activating group) is 1. The number of thiophene rings is 1. The number of rotatable bonds is 5. The Morgan fingerprint density at radius 2 is 1.83 bits per heavy atom. The second-order valence-electron chi connectivity index (χ2n) is 4.67. The fourth-order valence-electron chi connectivity index (χ4n) is 1.78. The van der Waals surface area contributed by atoms with Crippen LogP contribution >= 0.6 is 11.3 Å². The monoisotopic (exact) mass is 332 g/mol. The zero-order valence-electron chi connectivity index (χ0n) is 12.7. The standard InChI is InChI=1S/C16H16N2O4S/c1-10(14(19)17-2)22-16(21)11-5-7-12(8-6-11)18-15(20)13-4-3-9-23-13/h3-10H,1-2H3,(H,17,19)(H,18,20)/t10-/m1/s1. The lowest BCUT2D eigenvalue weighted by molar-refractivity contribution is -0.128. The van der Waals surface area contributed by atoms with Crippen molar-refractivity contribution in [3.05, 3.63) is 52.2 Å². The first kappa shape index (κ1) is 16.7. The molecule has 0 aliphatic carbocycles. The van der Waals surface area contributed by atoms with Crippen LogP contribution < -0.4 is 10.6 Å². The van der Waals surface area contributed by atoms with Gasteiger partial charge < -0.3 is 15.4 Å². The number of amides is 2. The average Bonchev–Trinajstić information content (AvgIpc) is 3.09. The molecule has 1 atom stereocenters. The van der Waals surface area contributed by atoms with Gasteiger partial charge in [-0.2, -0.15) is 0 Å². The van der Waals surface area contributed by atoms with E-state index in [1.807, 2.05) is 5.38 Å². The highest BCUT2D eigenvalue weighted by Gasteiger charge is 2.17. The summed E-state index contributed by atoms with van der Waals surface area (Å²) in [6.07, 6.45) is -0.870. The van der Waals surface area contributed by atoms with Gasteiger partial charge in [-0.1, -0.05) is 6.07 Å². The molecule has 0 saturated heterocycles. The van der Waals surface area contributed by atoms with E-state index >= 15 is 0 Å². The van der Waals surface area contributed by atoms with Crippen LogP contribution in [0.1, 0.15) is 27.0 Å². The van der Waals surface area contributed by atoms with E-state index in [0.29, 0.717) is 16.1 Å². The number of esters is 1. The lowest BCUT2D eigenvalue weighted by atomic mass is 10.2. The minimum absolute atomic E-state index is 0.205. The second-order valence-corrected chi connectivity index (χ2v) is 5.62. The molecule has 2 aromatic rings. The number of nitrogens with one attached hydrogen (secondary N) is 2. The summed E-state index contributed by atoms with van der Waals surface area (Å²) < 4.78 is 5.03. The number of carbonyl (C=O) groups excluding carboxylic acids is 3. The van der Waals surface area contributed by atoms with Crippen LogP contribution in [-0.2, 0) is 9.53 Å². The predicted octanol–water partition coefficient (Wildman–Crippen LogP) is 2.29. The molecule has 2 amide bonds. The number of ether oxygens (including phenoxy) is 1. The van der Waals surface area contributed by atoms with Gasteiger partial charge >= 0.3 is 5.97 Å². The zero-order valence-corrected chi connectivity index (χ0v) is 13.5. The third kappa shape index (κ3) is 4.40. The minimum atomic E-state index is -0.870. The first-order chi connectivity index (χ1) is 11.0. The highest BCUT2D eigenvalue weighted by Crippen LogP contribution is 2.15. The Bertz CT molecular complexity index is 695. The molecule has 0 radical (unpaired) electrons. The van der Waals surface area contributed by atoms with Crippen LogP contribution in [0.25, 0.3) is 0 Å². The Kier molecular flexibility index (Phi) is 5.48. The molecule has 0 spiro atoms. The largest absolute Gasteiger partial charge is 0.449 e. The van der Waals surface area contributed by atoms with E-state index in [1.54, 1.807) is 24.3 Å². The summed E-state index contributed by atoms with van der Waals surface area (Å²) in [6.45, 7) is 1.49. The predicted molar refractivity (Wildman–Crippen MR) is 87.7 cm³/mol. The van der Waals surface area contributed by atoms with E-state index in [9.17, 15) is 14.4 Å². The summed E-state index contributed by atoms with van der Waals surface area (Å²) in [6, 6.07) is 9.80. The molecule has 120 valence electrons. The molecule has 0 fully saturated rings. The van der Waals surface area contributed by atoms with Gasteiger partial charge in [-0.15, -0.1) is 11.3 Å². The maximum atomic E-state index is 11.9. The van der Waals surface area contributed by atoms with Gasteiger partial charge in [-0.3, -0.25) is 9.59 Å². The van der Waals surface area contributed by atoms with E-state index < -0.39 is 12.1 Å². The highest BCUT2D eigenvalue weighted by molar-refractivity contribution is 7.12. The SMILES string of the molecule is CNC(=O)[C@@H](C)OC(=O)c1ccc(NC(=O)c2cccs2)cc1. The topological polar surface area (TPSA) is 84.5 Å². The van der Waals surface area contributed by atoms with Gasteiger partial charge in [-0.05, 0) is 42.6 Å². The van der Waals surface area contributed by atoms with Crippen molar-refractivity contribution in [3.8, 4) is 0 Å². The van der Waals surface area contributed by atoms with Crippen LogP contribution in [0.15, 0.2) is 41.8 Å². The molecule has 1 aromatic heterocycles. The highest BCUT2D eigenvalue weighted by atomic mass is 32.1. The Labute approximate surface area is 137 Å². The van der Waals surface area contributed by atoms with E-state index in [1.165, 1.54) is 37.4 Å². The maximum absolute atomic E-state index is 11.9. The summed E-state index contributed by atoms with van der Waals surface area (Å²) in [7, 11) is 1.47. The first-order valence-electron chi connectivity index (χ1n) is 6.88. The van der Waals surface area contributed by atoms with E-state index in [4.69, 9.17) is 4.74 Å². The number of benzene rings is 1. The van der Waals surface area contributed by atoms with Gasteiger partial charge in [0.15, 0.2) is 6.10 Å². The van der Waals surface area contributed by atoms with Crippen molar-refractivity contribution in [3.63, 3.8) is 0 Å². The van der Waals surface area contributed by atoms with Crippen LogP contribution in [0.3, 0.4) is 0 Å². The molecule has 7 heteroatoms. The molecule has 0 unspecified atom stereocenters. The zero-order chi connectivity index (χ0) is 16.8. The molecule has 2 N–H and O–H groups in total. The third-order valence-electron chi connectivity index (χ3n) is 3.02. The molecule has 0 bridgehead atoms. The van der Waals surface area contributed by atoms with Crippen molar-refractivity contribution in [1.29, 1.82) is 0 Å². The van der Waals surface area contributed by atoms with Crippen LogP contribution in [0.2, 0.25) is 0 Å². The van der Waals surface area contributed by atoms with Crippen LogP contribution in [0.4, 0.5) is 5.69 Å². The van der Waals surface area contributed by atoms with Gasteiger partial charge in [0.05, 0.1) is 10.4 Å². The number of anilines is 1. The molecule has 0 aliphatic rings. The van der Waals surface area contributed by atoms with Gasteiger partial charge in [0.25, 0.3) is 11.8 Å². The van der Waals surface area contributed by atoms with Gasteiger partial charge in [-0.25, -0.2) is 4.79 Å². The molecular formula is C16H16N2O4S. The fraction of sp³-hybridized carbons (Fsp3) is 0.188. The number of hydrogen-bond acceptors (Lipinski definition) is 5. The molecule has 6 nitrogen and oxygen atoms in total. The van der Waals surface area contributed by atoms with Crippen molar-refractivity contribution in [1.82, 2.24) is 5.32 Å². The van der Waals surface area contributed by atoms with E-state index in [0.717, 1.165) is 0 Å². The summed E-state index contributed by atoms with van der Waals surface area (Å²) in [5, 5.41) is 6.96. The molecule has 23 heavy (non-hydrogen) atoms. The van der Waals surface area contributed by atoms with Gasteiger partial charge in [0.1, 0.15) is 0 Å². The van der Waals surface area contributed by atoms with Crippen molar-refractivity contribution in [2.75, 3.05) is 12.4 Å². The smallest absolute Gasteiger partial charge is 0.338 e. The van der Waals surface area contributed by atoms with Gasteiger partial charge in [0, 0.05) is 12.7 Å². The molecule has 0 saturated carbocycles. The molecular weight excluding hydrogens is 316 g/mol. The summed E-state index contributed by atoms with van der Waals surface area (Å²) in [5.41, 5.74) is 0.870. The first-order valence-corrected chi connectivity index (χ1v) is 7.76. The lowest BCUT2D eigenvalue weighted by Crippen LogP contribution is -2.33. The van der Waals surface area contributed by atoms with E-state index in [-0.39, 0.29) is 11.8 Å². The lowest BCUT2D eigenvalue weighted by Gasteiger charge is -2.11. The average molecular weight is 332 g/mol. The van der Waals surface area contributed by atoms with Crippen molar-refractivity contribution in [2.45, 2.75) is 13.0 Å². The Balaban J connectivity index is 1.97. The Morgan fingerprint density at radius 1 is 1.13 bits per heavy atom. The van der Waals surface area contributed by atoms with Crippen LogP contribution in [0.5, 0.6) is 0 Å². The van der Waals surface area contributed by atoms with E-state index in [2.05, 4.69) is 10.6 Å². The van der Waals surface area contributed by atoms with Crippen LogP contribution in [0, 0.1) is 0 Å². The summed E-state index contributed by atoms with van der Waals surface area (Å²) in [4.78, 5) is 35.8. The van der Waals surface area contributed by atoms with Crippen LogP contribution in [-0.4, -0.2) is 30.9 Å². The molecule has 1 aromatic carbocycles. The number of carbonyl (C=O) groups is 3. The normalized spacial score (nSPS) is 11.4. The van der Waals surface area contributed by atoms with Crippen molar-refractivity contribution < 1.29 is 19.1 Å². The second kappa shape index (κ2) is 7.55. The Morgan fingerprint density at radius 3 is 2.39 bits per heavy atom. The molecule has 2 rings (SSSR count). The Hall–Kier alpha value is -2.67. The molecule has 0 aliphatic heterocycles. The third-order valence-corrected chi connectivity index (χ3v) is 3.89. The minimum Gasteiger partial charge on any atom is -0.449 e. The van der Waals surface area contributed by atoms with Crippen molar-refractivity contribution >= 4 is 34.8 Å². The van der Waals surface area contributed by atoms with Gasteiger partial charge in [0.2, 0.25) is 0 Å². The number of hydrogen-bond donors (Lipinski definition) is 2. The maximum Gasteiger partial charge on any atom is 0.338 e. The summed E-state index contributed by atoms with van der Waals surface area (Å²) >= 11 is 1.35. The van der Waals surface area contributed by atoms with Crippen molar-refractivity contribution in [2.24, 2.45) is 0 Å². The fourth-order valence-corrected chi connectivity index (χ4v) is 2.39. The summed E-state index contributed by atoms with van der Waals surface area (Å²) in [5.74, 6) is -1.18.